The van der Waals surface area contributed by atoms with Crippen molar-refractivity contribution in [2.75, 3.05) is 17.8 Å². The number of nitrogens with one attached hydrogen (secondary N) is 1. The van der Waals surface area contributed by atoms with Gasteiger partial charge in [-0.25, -0.2) is 4.68 Å². The van der Waals surface area contributed by atoms with Gasteiger partial charge in [-0.05, 0) is 23.7 Å². The Morgan fingerprint density at radius 2 is 2.09 bits per heavy atom. The molecule has 0 saturated heterocycles. The maximum absolute atomic E-state index is 10.8. The van der Waals surface area contributed by atoms with Crippen LogP contribution in [0.4, 0.5) is 11.4 Å². The first-order valence-corrected chi connectivity index (χ1v) is 11.0. The highest BCUT2D eigenvalue weighted by atomic mass is 28.3. The first-order valence-electron chi connectivity index (χ1n) is 7.27. The number of anilines is 2. The second-order valence-corrected chi connectivity index (χ2v) is 12.1. The molecule has 0 radical (unpaired) electrons. The number of hydrogen-bond acceptors (Lipinski definition) is 5. The van der Waals surface area contributed by atoms with Gasteiger partial charge >= 0.3 is 0 Å². The molecule has 1 aromatic heterocycles. The molecular formula is C15H23N4O2Si-. The standard InChI is InChI=1S/C15H23N4O2Si/c1-22(2,3)7-6-21-11-19-10-13(9-17-19)12-4-5-14(16)15(8-12)18-20/h4-5,8-10,18H,6-7,11,16H2,1-3H3/q-1. The van der Waals surface area contributed by atoms with E-state index in [4.69, 9.17) is 10.5 Å². The largest absolute Gasteiger partial charge is 0.761 e. The molecule has 0 aliphatic carbocycles. The van der Waals surface area contributed by atoms with E-state index in [1.807, 2.05) is 17.7 Å². The van der Waals surface area contributed by atoms with Gasteiger partial charge in [-0.15, -0.1) is 0 Å². The monoisotopic (exact) mass is 319 g/mol. The maximum atomic E-state index is 10.8. The minimum Gasteiger partial charge on any atom is -0.761 e. The van der Waals surface area contributed by atoms with Crippen LogP contribution in [0.15, 0.2) is 30.6 Å². The van der Waals surface area contributed by atoms with E-state index < -0.39 is 8.07 Å². The van der Waals surface area contributed by atoms with Crippen molar-refractivity contribution in [3.8, 4) is 11.1 Å². The van der Waals surface area contributed by atoms with Crippen LogP contribution in [0, 0.1) is 5.21 Å². The Kier molecular flexibility index (Phi) is 5.22. The molecule has 0 amide bonds. The smallest absolute Gasteiger partial charge is 0.139 e. The van der Waals surface area contributed by atoms with Crippen LogP contribution < -0.4 is 11.2 Å². The summed E-state index contributed by atoms with van der Waals surface area (Å²) in [7, 11) is -1.06. The first-order chi connectivity index (χ1) is 10.4. The van der Waals surface area contributed by atoms with Gasteiger partial charge in [0.15, 0.2) is 0 Å². The molecule has 2 rings (SSSR count). The van der Waals surface area contributed by atoms with Crippen LogP contribution in [0.1, 0.15) is 0 Å². The third-order valence-electron chi connectivity index (χ3n) is 3.35. The maximum Gasteiger partial charge on any atom is 0.139 e. The molecule has 0 atom stereocenters. The van der Waals surface area contributed by atoms with Crippen LogP contribution in [-0.2, 0) is 11.5 Å². The van der Waals surface area contributed by atoms with Crippen molar-refractivity contribution >= 4 is 19.4 Å². The Bertz CT molecular complexity index is 622. The molecule has 1 heterocycles. The van der Waals surface area contributed by atoms with Crippen molar-refractivity contribution in [2.45, 2.75) is 32.4 Å². The Morgan fingerprint density at radius 3 is 2.77 bits per heavy atom. The lowest BCUT2D eigenvalue weighted by atomic mass is 10.1. The molecule has 6 nitrogen and oxygen atoms in total. The van der Waals surface area contributed by atoms with Crippen molar-refractivity contribution in [3.05, 3.63) is 35.8 Å². The number of nitrogen functional groups attached to an aromatic ring is 1. The number of benzene rings is 1. The van der Waals surface area contributed by atoms with Crippen LogP contribution in [0.25, 0.3) is 11.1 Å². The van der Waals surface area contributed by atoms with Gasteiger partial charge in [0.05, 0.1) is 11.9 Å². The predicted molar refractivity (Wildman–Crippen MR) is 93.2 cm³/mol. The highest BCUT2D eigenvalue weighted by molar-refractivity contribution is 6.76. The van der Waals surface area contributed by atoms with E-state index >= 15 is 0 Å². The van der Waals surface area contributed by atoms with Gasteiger partial charge in [-0.2, -0.15) is 5.10 Å². The van der Waals surface area contributed by atoms with Crippen molar-refractivity contribution in [2.24, 2.45) is 0 Å². The summed E-state index contributed by atoms with van der Waals surface area (Å²) in [5, 5.41) is 15.1. The SMILES string of the molecule is C[Si](C)(C)CCOCn1cc(-c2ccc(N)c(N[O-])c2)cn1. The fraction of sp³-hybridized carbons (Fsp3) is 0.400. The summed E-state index contributed by atoms with van der Waals surface area (Å²) in [6.07, 6.45) is 3.65. The average Bonchev–Trinajstić information content (AvgIpc) is 2.92. The quantitative estimate of drug-likeness (QED) is 0.353. The molecule has 0 aliphatic heterocycles. The second-order valence-electron chi connectivity index (χ2n) is 6.52. The second kappa shape index (κ2) is 6.95. The normalized spacial score (nSPS) is 11.6. The number of nitrogens with two attached hydrogens (primary N) is 1. The Morgan fingerprint density at radius 1 is 1.32 bits per heavy atom. The fourth-order valence-electron chi connectivity index (χ4n) is 1.94. The molecule has 120 valence electrons. The number of rotatable bonds is 7. The summed E-state index contributed by atoms with van der Waals surface area (Å²) in [4.78, 5) is 0. The predicted octanol–water partition coefficient (Wildman–Crippen LogP) is 3.35. The molecule has 0 bridgehead atoms. The van der Waals surface area contributed by atoms with E-state index in [-0.39, 0.29) is 0 Å². The molecule has 0 aliphatic rings. The van der Waals surface area contributed by atoms with Gasteiger partial charge < -0.3 is 21.2 Å². The molecule has 2 aromatic rings. The highest BCUT2D eigenvalue weighted by Gasteiger charge is 2.12. The molecule has 1 aromatic carbocycles. The van der Waals surface area contributed by atoms with Crippen LogP contribution >= 0.6 is 0 Å². The molecule has 0 fully saturated rings. The lowest BCUT2D eigenvalue weighted by molar-refractivity contribution is 0.0786. The zero-order valence-electron chi connectivity index (χ0n) is 13.3. The van der Waals surface area contributed by atoms with E-state index in [0.29, 0.717) is 18.1 Å². The van der Waals surface area contributed by atoms with Gasteiger partial charge in [0, 0.05) is 32.1 Å². The molecular weight excluding hydrogens is 296 g/mol. The minimum absolute atomic E-state index is 0.372. The van der Waals surface area contributed by atoms with E-state index in [0.717, 1.165) is 23.8 Å². The molecule has 7 heteroatoms. The van der Waals surface area contributed by atoms with Crippen molar-refractivity contribution in [1.82, 2.24) is 9.78 Å². The van der Waals surface area contributed by atoms with Gasteiger partial charge in [0.1, 0.15) is 6.73 Å². The zero-order chi connectivity index (χ0) is 16.2. The Labute approximate surface area is 131 Å². The van der Waals surface area contributed by atoms with Gasteiger partial charge in [-0.3, -0.25) is 0 Å². The summed E-state index contributed by atoms with van der Waals surface area (Å²) in [6, 6.07) is 6.42. The molecule has 22 heavy (non-hydrogen) atoms. The highest BCUT2D eigenvalue weighted by Crippen LogP contribution is 2.26. The Balaban J connectivity index is 1.96. The summed E-state index contributed by atoms with van der Waals surface area (Å²) in [5.74, 6) is 0. The summed E-state index contributed by atoms with van der Waals surface area (Å²) >= 11 is 0. The van der Waals surface area contributed by atoms with Crippen LogP contribution in [0.5, 0.6) is 0 Å². The minimum atomic E-state index is -1.06. The average molecular weight is 319 g/mol. The lowest BCUT2D eigenvalue weighted by Crippen LogP contribution is -2.22. The summed E-state index contributed by atoms with van der Waals surface area (Å²) in [6.45, 7) is 8.17. The van der Waals surface area contributed by atoms with E-state index in [9.17, 15) is 5.21 Å². The van der Waals surface area contributed by atoms with Crippen LogP contribution in [0.2, 0.25) is 25.7 Å². The molecule has 3 N–H and O–H groups in total. The van der Waals surface area contributed by atoms with Gasteiger partial charge in [-0.1, -0.05) is 25.7 Å². The zero-order valence-corrected chi connectivity index (χ0v) is 14.3. The first kappa shape index (κ1) is 16.5. The Hall–Kier alpha value is -1.83. The van der Waals surface area contributed by atoms with Gasteiger partial charge in [0.2, 0.25) is 0 Å². The summed E-state index contributed by atoms with van der Waals surface area (Å²) < 4.78 is 7.41. The van der Waals surface area contributed by atoms with E-state index in [2.05, 4.69) is 24.7 Å². The van der Waals surface area contributed by atoms with Crippen molar-refractivity contribution < 1.29 is 4.74 Å². The van der Waals surface area contributed by atoms with Crippen molar-refractivity contribution in [1.29, 1.82) is 0 Å². The lowest BCUT2D eigenvalue weighted by Gasteiger charge is -2.15. The topological polar surface area (TPSA) is 88.2 Å². The van der Waals surface area contributed by atoms with Crippen LogP contribution in [0.3, 0.4) is 0 Å². The fourth-order valence-corrected chi connectivity index (χ4v) is 2.70. The number of hydrogen-bond donors (Lipinski definition) is 2. The number of aromatic nitrogens is 2. The molecule has 0 spiro atoms. The van der Waals surface area contributed by atoms with Crippen molar-refractivity contribution in [3.63, 3.8) is 0 Å². The number of nitrogens with zero attached hydrogens (tertiary/aromatic N) is 2. The molecule has 0 unspecified atom stereocenters. The third kappa shape index (κ3) is 4.59. The van der Waals surface area contributed by atoms with Crippen LogP contribution in [-0.4, -0.2) is 24.5 Å². The summed E-state index contributed by atoms with van der Waals surface area (Å²) in [5.41, 5.74) is 10.2. The third-order valence-corrected chi connectivity index (χ3v) is 5.05. The van der Waals surface area contributed by atoms with E-state index in [1.54, 1.807) is 23.0 Å². The number of ether oxygens (including phenoxy) is 1. The molecule has 0 saturated carbocycles. The van der Waals surface area contributed by atoms with E-state index in [1.165, 1.54) is 0 Å². The van der Waals surface area contributed by atoms with Gasteiger partial charge in [0.25, 0.3) is 0 Å².